The van der Waals surface area contributed by atoms with E-state index >= 15 is 0 Å². The van der Waals surface area contributed by atoms with Gasteiger partial charge < -0.3 is 24.4 Å². The number of anilines is 1. The molecule has 206 valence electrons. The summed E-state index contributed by atoms with van der Waals surface area (Å²) in [6, 6.07) is 16.6. The Labute approximate surface area is 230 Å². The van der Waals surface area contributed by atoms with E-state index in [1.54, 1.807) is 24.7 Å². The SMILES string of the molecule is Cc1cc(-c2ccc3nc(NC(=O)N4CC(O)C4)nc(C(CO)(OC4CC4)c4ccccc4)c3c2)cn(C)c1=O. The standard InChI is InChI=1S/C30H31N5O5/c1-18-12-20(14-34(2)27(18)38)19-8-11-25-24(13-19)26(32-28(31-25)33-29(39)35-15-22(37)16-35)30(17-36,40-23-9-10-23)21-6-4-3-5-7-21/h3-8,11-14,22-23,36-37H,9-10,15-17H2,1-2H3,(H,31,32,33,39). The Hall–Kier alpha value is -4.12. The average Bonchev–Trinajstić information content (AvgIpc) is 3.76. The van der Waals surface area contributed by atoms with Gasteiger partial charge in [0, 0.05) is 24.2 Å². The number of pyridine rings is 1. The van der Waals surface area contributed by atoms with Crippen molar-refractivity contribution in [1.29, 1.82) is 0 Å². The number of ether oxygens (including phenoxy) is 1. The van der Waals surface area contributed by atoms with Crippen molar-refractivity contribution in [1.82, 2.24) is 19.4 Å². The zero-order chi connectivity index (χ0) is 28.0. The number of urea groups is 1. The maximum atomic E-state index is 12.8. The molecule has 1 aliphatic heterocycles. The smallest absolute Gasteiger partial charge is 0.324 e. The number of nitrogens with zero attached hydrogens (tertiary/aromatic N) is 4. The fourth-order valence-corrected chi connectivity index (χ4v) is 5.14. The van der Waals surface area contributed by atoms with Gasteiger partial charge in [0.25, 0.3) is 5.56 Å². The van der Waals surface area contributed by atoms with E-state index < -0.39 is 17.7 Å². The van der Waals surface area contributed by atoms with Crippen LogP contribution in [0.25, 0.3) is 22.0 Å². The third-order valence-corrected chi connectivity index (χ3v) is 7.50. The summed E-state index contributed by atoms with van der Waals surface area (Å²) in [5.41, 5.74) is 2.65. The highest BCUT2D eigenvalue weighted by atomic mass is 16.5. The van der Waals surface area contributed by atoms with Crippen LogP contribution in [-0.4, -0.2) is 67.6 Å². The Morgan fingerprint density at radius 1 is 1.10 bits per heavy atom. The maximum absolute atomic E-state index is 12.8. The molecule has 2 amide bonds. The van der Waals surface area contributed by atoms with Gasteiger partial charge in [-0.3, -0.25) is 10.1 Å². The van der Waals surface area contributed by atoms with Crippen molar-refractivity contribution < 1.29 is 19.7 Å². The normalized spacial score (nSPS) is 16.9. The molecule has 2 aromatic heterocycles. The first kappa shape index (κ1) is 26.1. The first-order chi connectivity index (χ1) is 19.3. The topological polar surface area (TPSA) is 130 Å². The van der Waals surface area contributed by atoms with Crippen LogP contribution in [0.1, 0.15) is 29.7 Å². The molecular weight excluding hydrogens is 510 g/mol. The average molecular weight is 542 g/mol. The molecule has 1 saturated carbocycles. The van der Waals surface area contributed by atoms with E-state index in [2.05, 4.69) is 10.3 Å². The molecule has 4 aromatic rings. The molecule has 10 heteroatoms. The molecule has 6 rings (SSSR count). The number of nitrogens with one attached hydrogen (secondary N) is 1. The summed E-state index contributed by atoms with van der Waals surface area (Å²) in [4.78, 5) is 36.0. The molecule has 10 nitrogen and oxygen atoms in total. The van der Waals surface area contributed by atoms with Crippen molar-refractivity contribution in [2.45, 2.75) is 37.6 Å². The van der Waals surface area contributed by atoms with Gasteiger partial charge in [-0.2, -0.15) is 0 Å². The molecule has 2 aromatic carbocycles. The third kappa shape index (κ3) is 4.74. The highest BCUT2D eigenvalue weighted by Crippen LogP contribution is 2.42. The third-order valence-electron chi connectivity index (χ3n) is 7.50. The Kier molecular flexibility index (Phi) is 6.61. The van der Waals surface area contributed by atoms with Crippen LogP contribution in [0, 0.1) is 6.92 Å². The zero-order valence-corrected chi connectivity index (χ0v) is 22.4. The number of hydrogen-bond donors (Lipinski definition) is 3. The van der Waals surface area contributed by atoms with E-state index in [1.807, 2.05) is 54.6 Å². The van der Waals surface area contributed by atoms with Gasteiger partial charge in [-0.1, -0.05) is 36.4 Å². The van der Waals surface area contributed by atoms with E-state index in [0.717, 1.165) is 29.5 Å². The molecule has 1 atom stereocenters. The van der Waals surface area contributed by atoms with Gasteiger partial charge in [0.1, 0.15) is 0 Å². The van der Waals surface area contributed by atoms with E-state index in [1.165, 1.54) is 4.90 Å². The number of hydrogen-bond acceptors (Lipinski definition) is 7. The predicted molar refractivity (Wildman–Crippen MR) is 150 cm³/mol. The maximum Gasteiger partial charge on any atom is 0.324 e. The Bertz CT molecular complexity index is 1620. The van der Waals surface area contributed by atoms with Crippen LogP contribution in [0.5, 0.6) is 0 Å². The van der Waals surface area contributed by atoms with Gasteiger partial charge in [-0.25, -0.2) is 14.8 Å². The fourth-order valence-electron chi connectivity index (χ4n) is 5.14. The first-order valence-electron chi connectivity index (χ1n) is 13.4. The van der Waals surface area contributed by atoms with E-state index in [-0.39, 0.29) is 37.3 Å². The van der Waals surface area contributed by atoms with Gasteiger partial charge in [0.2, 0.25) is 5.95 Å². The number of carbonyl (C=O) groups excluding carboxylic acids is 1. The molecule has 1 saturated heterocycles. The number of likely N-dealkylation sites (tertiary alicyclic amines) is 1. The van der Waals surface area contributed by atoms with Crippen LogP contribution >= 0.6 is 0 Å². The number of aromatic nitrogens is 3. The van der Waals surface area contributed by atoms with E-state index in [0.29, 0.717) is 22.2 Å². The summed E-state index contributed by atoms with van der Waals surface area (Å²) < 4.78 is 8.14. The minimum atomic E-state index is -1.31. The zero-order valence-electron chi connectivity index (χ0n) is 22.4. The molecule has 0 bridgehead atoms. The van der Waals surface area contributed by atoms with Crippen LogP contribution in [0.4, 0.5) is 10.7 Å². The highest BCUT2D eigenvalue weighted by Gasteiger charge is 2.43. The van der Waals surface area contributed by atoms with Crippen molar-refractivity contribution in [2.24, 2.45) is 7.05 Å². The molecule has 3 heterocycles. The van der Waals surface area contributed by atoms with E-state index in [4.69, 9.17) is 9.72 Å². The number of rotatable bonds is 7. The summed E-state index contributed by atoms with van der Waals surface area (Å²) in [5, 5.41) is 24.0. The molecule has 2 aliphatic rings. The van der Waals surface area contributed by atoms with Crippen LogP contribution in [0.15, 0.2) is 65.6 Å². The second-order valence-electron chi connectivity index (χ2n) is 10.6. The van der Waals surface area contributed by atoms with Gasteiger partial charge in [-0.05, 0) is 54.7 Å². The van der Waals surface area contributed by atoms with Gasteiger partial charge in [0.05, 0.1) is 43.1 Å². The lowest BCUT2D eigenvalue weighted by molar-refractivity contribution is -0.0671. The molecule has 2 fully saturated rings. The van der Waals surface area contributed by atoms with Crippen LogP contribution in [0.2, 0.25) is 0 Å². The summed E-state index contributed by atoms with van der Waals surface area (Å²) in [6.07, 6.45) is 2.96. The minimum Gasteiger partial charge on any atom is -0.393 e. The second kappa shape index (κ2) is 10.1. The first-order valence-corrected chi connectivity index (χ1v) is 13.4. The predicted octanol–water partition coefficient (Wildman–Crippen LogP) is 2.93. The number of fused-ring (bicyclic) bond motifs is 1. The van der Waals surface area contributed by atoms with Crippen molar-refractivity contribution in [3.63, 3.8) is 0 Å². The van der Waals surface area contributed by atoms with Crippen molar-refractivity contribution >= 4 is 22.9 Å². The van der Waals surface area contributed by atoms with Crippen LogP contribution < -0.4 is 10.9 Å². The number of amides is 2. The molecular formula is C30H31N5O5. The molecule has 0 radical (unpaired) electrons. The number of aliphatic hydroxyl groups is 2. The van der Waals surface area contributed by atoms with Gasteiger partial charge >= 0.3 is 6.03 Å². The number of carbonyl (C=O) groups is 1. The Morgan fingerprint density at radius 2 is 1.85 bits per heavy atom. The fraction of sp³-hybridized carbons (Fsp3) is 0.333. The quantitative estimate of drug-likeness (QED) is 0.328. The summed E-state index contributed by atoms with van der Waals surface area (Å²) in [6.45, 7) is 1.88. The molecule has 3 N–H and O–H groups in total. The Balaban J connectivity index is 1.55. The Morgan fingerprint density at radius 3 is 2.50 bits per heavy atom. The van der Waals surface area contributed by atoms with Gasteiger partial charge in [0.15, 0.2) is 5.60 Å². The molecule has 1 unspecified atom stereocenters. The lowest BCUT2D eigenvalue weighted by Gasteiger charge is -2.36. The summed E-state index contributed by atoms with van der Waals surface area (Å²) in [7, 11) is 1.72. The number of β-amino-alcohol motifs (C(OH)–C–C–N with tert-alkyl or cyclic N) is 1. The lowest BCUT2D eigenvalue weighted by Crippen LogP contribution is -2.55. The monoisotopic (exact) mass is 541 g/mol. The minimum absolute atomic E-state index is 0.0348. The summed E-state index contributed by atoms with van der Waals surface area (Å²) in [5.74, 6) is 0.0766. The number of aryl methyl sites for hydroxylation is 2. The van der Waals surface area contributed by atoms with Crippen molar-refractivity contribution in [2.75, 3.05) is 25.0 Å². The number of benzene rings is 2. The van der Waals surface area contributed by atoms with Crippen molar-refractivity contribution in [3.8, 4) is 11.1 Å². The van der Waals surface area contributed by atoms with Gasteiger partial charge in [-0.15, -0.1) is 0 Å². The van der Waals surface area contributed by atoms with Crippen molar-refractivity contribution in [3.05, 3.63) is 88.0 Å². The summed E-state index contributed by atoms with van der Waals surface area (Å²) >= 11 is 0. The molecule has 40 heavy (non-hydrogen) atoms. The highest BCUT2D eigenvalue weighted by molar-refractivity contribution is 5.92. The molecule has 0 spiro atoms. The second-order valence-corrected chi connectivity index (χ2v) is 10.6. The molecule has 1 aliphatic carbocycles. The van der Waals surface area contributed by atoms with Crippen LogP contribution in [0.3, 0.4) is 0 Å². The van der Waals surface area contributed by atoms with Crippen LogP contribution in [-0.2, 0) is 17.4 Å². The largest absolute Gasteiger partial charge is 0.393 e. The number of aliphatic hydroxyl groups excluding tert-OH is 2. The lowest BCUT2D eigenvalue weighted by atomic mass is 9.87. The van der Waals surface area contributed by atoms with E-state index in [9.17, 15) is 19.8 Å².